The van der Waals surface area contributed by atoms with Crippen molar-refractivity contribution in [2.75, 3.05) is 0 Å². The Morgan fingerprint density at radius 1 is 1.13 bits per heavy atom. The highest BCUT2D eigenvalue weighted by Gasteiger charge is 2.03. The van der Waals surface area contributed by atoms with Gasteiger partial charge in [0.1, 0.15) is 0 Å². The maximum Gasteiger partial charge on any atom is 0.285 e. The lowest BCUT2D eigenvalue weighted by atomic mass is 10.1. The van der Waals surface area contributed by atoms with Crippen LogP contribution >= 0.6 is 12.2 Å². The van der Waals surface area contributed by atoms with E-state index in [1.807, 2.05) is 30.3 Å². The lowest BCUT2D eigenvalue weighted by molar-refractivity contribution is 0.100. The SMILES string of the molecule is O=C(N=C=S)c1ccc2ccccc2c1. The second-order valence-corrected chi connectivity index (χ2v) is 3.25. The van der Waals surface area contributed by atoms with Crippen LogP contribution < -0.4 is 0 Å². The number of isothiocyanates is 1. The second-order valence-electron chi connectivity index (χ2n) is 3.07. The van der Waals surface area contributed by atoms with Crippen molar-refractivity contribution < 1.29 is 4.79 Å². The quantitative estimate of drug-likeness (QED) is 0.538. The van der Waals surface area contributed by atoms with Crippen LogP contribution in [0.1, 0.15) is 10.4 Å². The van der Waals surface area contributed by atoms with Crippen molar-refractivity contribution in [3.63, 3.8) is 0 Å². The number of nitrogens with zero attached hydrogens (tertiary/aromatic N) is 1. The van der Waals surface area contributed by atoms with Gasteiger partial charge in [0.25, 0.3) is 5.91 Å². The average Bonchev–Trinajstić information content (AvgIpc) is 2.29. The van der Waals surface area contributed by atoms with Gasteiger partial charge in [0.2, 0.25) is 0 Å². The molecule has 0 radical (unpaired) electrons. The Bertz CT molecular complexity index is 571. The van der Waals surface area contributed by atoms with E-state index >= 15 is 0 Å². The molecule has 0 aromatic heterocycles. The fraction of sp³-hybridized carbons (Fsp3) is 0. The number of fused-ring (bicyclic) bond motifs is 1. The molecular formula is C12H7NOS. The molecule has 2 rings (SSSR count). The summed E-state index contributed by atoms with van der Waals surface area (Å²) in [5.41, 5.74) is 0.533. The number of thiocarbonyl (C=S) groups is 1. The van der Waals surface area contributed by atoms with E-state index in [1.165, 1.54) is 0 Å². The number of hydrogen-bond donors (Lipinski definition) is 0. The molecule has 2 nitrogen and oxygen atoms in total. The van der Waals surface area contributed by atoms with E-state index in [9.17, 15) is 4.79 Å². The molecule has 0 bridgehead atoms. The molecule has 0 unspecified atom stereocenters. The monoisotopic (exact) mass is 213 g/mol. The first-order valence-corrected chi connectivity index (χ1v) is 4.83. The van der Waals surface area contributed by atoms with Crippen molar-refractivity contribution in [1.82, 2.24) is 0 Å². The van der Waals surface area contributed by atoms with Crippen LogP contribution in [0.3, 0.4) is 0 Å². The van der Waals surface area contributed by atoms with Gasteiger partial charge in [-0.3, -0.25) is 4.79 Å². The molecule has 0 heterocycles. The van der Waals surface area contributed by atoms with Gasteiger partial charge in [-0.05, 0) is 35.1 Å². The summed E-state index contributed by atoms with van der Waals surface area (Å²) < 4.78 is 0. The molecule has 0 aliphatic carbocycles. The largest absolute Gasteiger partial charge is 0.285 e. The minimum absolute atomic E-state index is 0.351. The van der Waals surface area contributed by atoms with Crippen molar-refractivity contribution in [3.05, 3.63) is 48.0 Å². The Morgan fingerprint density at radius 3 is 2.60 bits per heavy atom. The number of carbonyl (C=O) groups excluding carboxylic acids is 1. The zero-order chi connectivity index (χ0) is 10.7. The Labute approximate surface area is 92.3 Å². The van der Waals surface area contributed by atoms with E-state index in [0.29, 0.717) is 5.56 Å². The molecule has 0 saturated heterocycles. The summed E-state index contributed by atoms with van der Waals surface area (Å²) in [6, 6.07) is 13.3. The number of rotatable bonds is 1. The van der Waals surface area contributed by atoms with E-state index < -0.39 is 0 Å². The van der Waals surface area contributed by atoms with E-state index in [2.05, 4.69) is 22.4 Å². The highest BCUT2D eigenvalue weighted by Crippen LogP contribution is 2.15. The van der Waals surface area contributed by atoms with E-state index in [-0.39, 0.29) is 5.91 Å². The maximum atomic E-state index is 11.4. The smallest absolute Gasteiger partial charge is 0.266 e. The summed E-state index contributed by atoms with van der Waals surface area (Å²) in [6.07, 6.45) is 0. The van der Waals surface area contributed by atoms with Crippen molar-refractivity contribution in [2.45, 2.75) is 0 Å². The zero-order valence-electron chi connectivity index (χ0n) is 7.81. The van der Waals surface area contributed by atoms with Gasteiger partial charge in [0.05, 0.1) is 5.16 Å². The molecule has 0 spiro atoms. The molecule has 0 aliphatic heterocycles. The first kappa shape index (κ1) is 9.71. The summed E-state index contributed by atoms with van der Waals surface area (Å²) >= 11 is 4.39. The van der Waals surface area contributed by atoms with Gasteiger partial charge >= 0.3 is 0 Å². The summed E-state index contributed by atoms with van der Waals surface area (Å²) in [7, 11) is 0. The first-order valence-electron chi connectivity index (χ1n) is 4.42. The molecular weight excluding hydrogens is 206 g/mol. The molecule has 2 aromatic carbocycles. The fourth-order valence-corrected chi connectivity index (χ4v) is 1.51. The van der Waals surface area contributed by atoms with Crippen LogP contribution in [0.4, 0.5) is 0 Å². The molecule has 0 N–H and O–H groups in total. The predicted octanol–water partition coefficient (Wildman–Crippen LogP) is 3.08. The third-order valence-corrected chi connectivity index (χ3v) is 2.23. The highest BCUT2D eigenvalue weighted by atomic mass is 32.1. The van der Waals surface area contributed by atoms with Crippen LogP contribution in [-0.4, -0.2) is 11.1 Å². The average molecular weight is 213 g/mol. The third kappa shape index (κ3) is 1.99. The summed E-state index contributed by atoms with van der Waals surface area (Å²) in [5, 5.41) is 4.19. The standard InChI is InChI=1S/C12H7NOS/c14-12(13-8-15)11-6-5-9-3-1-2-4-10(9)7-11/h1-7H. The van der Waals surface area contributed by atoms with E-state index in [0.717, 1.165) is 10.8 Å². The molecule has 72 valence electrons. The minimum Gasteiger partial charge on any atom is -0.266 e. The number of carbonyl (C=O) groups is 1. The van der Waals surface area contributed by atoms with E-state index in [1.54, 1.807) is 12.1 Å². The predicted molar refractivity (Wildman–Crippen MR) is 63.3 cm³/mol. The van der Waals surface area contributed by atoms with Crippen molar-refractivity contribution >= 4 is 34.1 Å². The van der Waals surface area contributed by atoms with Gasteiger partial charge in [-0.15, -0.1) is 0 Å². The Hall–Kier alpha value is -1.83. The third-order valence-electron chi connectivity index (χ3n) is 2.14. The minimum atomic E-state index is -0.351. The van der Waals surface area contributed by atoms with Gasteiger partial charge in [-0.1, -0.05) is 30.3 Å². The number of amides is 1. The molecule has 3 heteroatoms. The lowest BCUT2D eigenvalue weighted by Gasteiger charge is -1.98. The van der Waals surface area contributed by atoms with Crippen LogP contribution in [0.25, 0.3) is 10.8 Å². The van der Waals surface area contributed by atoms with Gasteiger partial charge in [0, 0.05) is 5.56 Å². The van der Waals surface area contributed by atoms with Crippen LogP contribution in [0.2, 0.25) is 0 Å². The fourth-order valence-electron chi connectivity index (χ4n) is 1.43. The summed E-state index contributed by atoms with van der Waals surface area (Å²) in [5.74, 6) is -0.351. The summed E-state index contributed by atoms with van der Waals surface area (Å²) in [6.45, 7) is 0. The van der Waals surface area contributed by atoms with Crippen LogP contribution in [0.15, 0.2) is 47.5 Å². The van der Waals surface area contributed by atoms with Crippen LogP contribution in [-0.2, 0) is 0 Å². The molecule has 0 atom stereocenters. The van der Waals surface area contributed by atoms with Crippen molar-refractivity contribution in [3.8, 4) is 0 Å². The molecule has 0 saturated carbocycles. The number of aliphatic imine (C=N–C) groups is 1. The Kier molecular flexibility index (Phi) is 2.68. The molecule has 2 aromatic rings. The maximum absolute atomic E-state index is 11.4. The van der Waals surface area contributed by atoms with E-state index in [4.69, 9.17) is 0 Å². The van der Waals surface area contributed by atoms with Crippen molar-refractivity contribution in [1.29, 1.82) is 0 Å². The Morgan fingerprint density at radius 2 is 1.87 bits per heavy atom. The Balaban J connectivity index is 2.56. The number of hydrogen-bond acceptors (Lipinski definition) is 2. The molecule has 0 aliphatic rings. The van der Waals surface area contributed by atoms with Crippen LogP contribution in [0, 0.1) is 0 Å². The zero-order valence-corrected chi connectivity index (χ0v) is 8.62. The second kappa shape index (κ2) is 4.13. The van der Waals surface area contributed by atoms with Gasteiger partial charge in [-0.2, -0.15) is 4.99 Å². The summed E-state index contributed by atoms with van der Waals surface area (Å²) in [4.78, 5) is 14.8. The lowest BCUT2D eigenvalue weighted by Crippen LogP contribution is -1.93. The van der Waals surface area contributed by atoms with Gasteiger partial charge < -0.3 is 0 Å². The van der Waals surface area contributed by atoms with Gasteiger partial charge in [-0.25, -0.2) is 0 Å². The molecule has 1 amide bonds. The molecule has 15 heavy (non-hydrogen) atoms. The van der Waals surface area contributed by atoms with Crippen LogP contribution in [0.5, 0.6) is 0 Å². The van der Waals surface area contributed by atoms with Gasteiger partial charge in [0.15, 0.2) is 0 Å². The normalized spacial score (nSPS) is 9.60. The molecule has 0 fully saturated rings. The first-order chi connectivity index (χ1) is 7.31. The topological polar surface area (TPSA) is 29.4 Å². The highest BCUT2D eigenvalue weighted by molar-refractivity contribution is 7.78. The number of benzene rings is 2. The van der Waals surface area contributed by atoms with Crippen molar-refractivity contribution in [2.24, 2.45) is 4.99 Å².